The van der Waals surface area contributed by atoms with Gasteiger partial charge in [0.15, 0.2) is 15.9 Å². The summed E-state index contributed by atoms with van der Waals surface area (Å²) in [5.41, 5.74) is -1.74. The largest absolute Gasteiger partial charge is 0.481 e. The highest BCUT2D eigenvalue weighted by Crippen LogP contribution is 2.60. The van der Waals surface area contributed by atoms with Crippen LogP contribution in [0.25, 0.3) is 0 Å². The van der Waals surface area contributed by atoms with Crippen molar-refractivity contribution in [2.24, 2.45) is 5.92 Å². The van der Waals surface area contributed by atoms with Crippen LogP contribution in [-0.4, -0.2) is 55.0 Å². The number of ether oxygens (including phenoxy) is 1. The zero-order valence-electron chi connectivity index (χ0n) is 18.6. The smallest absolute Gasteiger partial charge is 0.433 e. The Balaban J connectivity index is 1.64. The van der Waals surface area contributed by atoms with Gasteiger partial charge in [-0.2, -0.15) is 26.3 Å². The Morgan fingerprint density at radius 3 is 2.46 bits per heavy atom. The third kappa shape index (κ3) is 4.98. The number of aliphatic hydroxyl groups is 1. The number of alkyl halides is 6. The molecule has 1 N–H and O–H groups in total. The van der Waals surface area contributed by atoms with Gasteiger partial charge in [0.1, 0.15) is 17.7 Å². The monoisotopic (exact) mass is 524 g/mol. The lowest BCUT2D eigenvalue weighted by atomic mass is 10.00. The highest BCUT2D eigenvalue weighted by Gasteiger charge is 2.63. The minimum absolute atomic E-state index is 0.0878. The van der Waals surface area contributed by atoms with Crippen LogP contribution in [0.3, 0.4) is 0 Å². The van der Waals surface area contributed by atoms with Crippen LogP contribution < -0.4 is 4.74 Å². The SMILES string of the molecule is C[C@H](Oc1ccc(S(C)(=O)=O)cc1C(O)N1CC2CC2(c2cccc(C(F)(F)F)n2)C1)C(F)(F)F. The van der Waals surface area contributed by atoms with Crippen LogP contribution in [0.2, 0.25) is 0 Å². The molecule has 1 aliphatic carbocycles. The number of pyridine rings is 1. The summed E-state index contributed by atoms with van der Waals surface area (Å²) in [4.78, 5) is 5.02. The van der Waals surface area contributed by atoms with Gasteiger partial charge in [0.05, 0.1) is 4.90 Å². The molecule has 35 heavy (non-hydrogen) atoms. The summed E-state index contributed by atoms with van der Waals surface area (Å²) in [6.07, 6.45) is -11.7. The van der Waals surface area contributed by atoms with Crippen molar-refractivity contribution in [1.82, 2.24) is 9.88 Å². The van der Waals surface area contributed by atoms with E-state index in [4.69, 9.17) is 4.74 Å². The molecule has 0 radical (unpaired) electrons. The lowest BCUT2D eigenvalue weighted by molar-refractivity contribution is -0.189. The number of piperidine rings is 1. The fraction of sp³-hybridized carbons (Fsp3) is 0.500. The van der Waals surface area contributed by atoms with Crippen molar-refractivity contribution in [3.8, 4) is 5.75 Å². The number of sulfone groups is 1. The van der Waals surface area contributed by atoms with Crippen LogP contribution in [-0.2, 0) is 21.4 Å². The van der Waals surface area contributed by atoms with E-state index in [2.05, 4.69) is 4.98 Å². The number of rotatable bonds is 6. The van der Waals surface area contributed by atoms with E-state index in [1.807, 2.05) is 0 Å². The van der Waals surface area contributed by atoms with Crippen molar-refractivity contribution in [3.05, 3.63) is 53.3 Å². The number of likely N-dealkylation sites (tertiary alicyclic amines) is 1. The molecule has 4 atom stereocenters. The summed E-state index contributed by atoms with van der Waals surface area (Å²) < 4.78 is 108. The average molecular weight is 524 g/mol. The molecule has 1 aliphatic heterocycles. The number of aromatic nitrogens is 1. The molecule has 6 nitrogen and oxygen atoms in total. The van der Waals surface area contributed by atoms with Crippen LogP contribution in [0.4, 0.5) is 26.3 Å². The second-order valence-corrected chi connectivity index (χ2v) is 11.1. The molecule has 2 aromatic rings. The summed E-state index contributed by atoms with van der Waals surface area (Å²) >= 11 is 0. The molecular formula is C22H22F6N2O4S. The van der Waals surface area contributed by atoms with Gasteiger partial charge in [0.2, 0.25) is 0 Å². The fourth-order valence-electron chi connectivity index (χ4n) is 4.49. The molecule has 3 unspecified atom stereocenters. The van der Waals surface area contributed by atoms with Gasteiger partial charge in [0, 0.05) is 36.0 Å². The minimum atomic E-state index is -4.70. The molecule has 1 saturated heterocycles. The number of benzene rings is 1. The van der Waals surface area contributed by atoms with Gasteiger partial charge in [-0.25, -0.2) is 13.4 Å². The Morgan fingerprint density at radius 2 is 1.86 bits per heavy atom. The number of hydrogen-bond acceptors (Lipinski definition) is 6. The highest BCUT2D eigenvalue weighted by molar-refractivity contribution is 7.90. The molecule has 1 saturated carbocycles. The molecular weight excluding hydrogens is 502 g/mol. The zero-order chi connectivity index (χ0) is 26.0. The second-order valence-electron chi connectivity index (χ2n) is 9.04. The normalized spacial score (nSPS) is 24.7. The predicted octanol–water partition coefficient (Wildman–Crippen LogP) is 4.10. The molecule has 1 aromatic heterocycles. The van der Waals surface area contributed by atoms with Crippen molar-refractivity contribution < 1.29 is 44.6 Å². The Hall–Kier alpha value is -2.38. The van der Waals surface area contributed by atoms with E-state index in [1.54, 1.807) is 0 Å². The number of fused-ring (bicyclic) bond motifs is 1. The lowest BCUT2D eigenvalue weighted by Gasteiger charge is -2.29. The molecule has 0 bridgehead atoms. The molecule has 192 valence electrons. The van der Waals surface area contributed by atoms with E-state index in [-0.39, 0.29) is 40.9 Å². The van der Waals surface area contributed by atoms with Crippen molar-refractivity contribution >= 4 is 9.84 Å². The summed E-state index contributed by atoms with van der Waals surface area (Å²) in [6, 6.07) is 6.79. The standard InChI is InChI=1S/C22H22F6N2O4S/c1-12(21(23,24)25)34-16-7-6-14(35(2,32)33)8-15(16)19(31)30-10-13-9-20(13,11-30)17-4-3-5-18(29-17)22(26,27)28/h3-8,12-13,19,31H,9-11H2,1-2H3/t12-,13?,19?,20?/m0/s1. The van der Waals surface area contributed by atoms with Crippen LogP contribution in [0.15, 0.2) is 41.3 Å². The van der Waals surface area contributed by atoms with Crippen LogP contribution in [0.1, 0.15) is 36.5 Å². The molecule has 2 fully saturated rings. The number of halogens is 6. The molecule has 2 heterocycles. The molecule has 1 aromatic carbocycles. The summed E-state index contributed by atoms with van der Waals surface area (Å²) in [7, 11) is -3.76. The number of aliphatic hydroxyl groups excluding tert-OH is 1. The maximum Gasteiger partial charge on any atom is 0.433 e. The molecule has 0 spiro atoms. The third-order valence-corrected chi connectivity index (χ3v) is 7.63. The summed E-state index contributed by atoms with van der Waals surface area (Å²) in [5, 5.41) is 11.1. The van der Waals surface area contributed by atoms with E-state index in [0.29, 0.717) is 6.42 Å². The van der Waals surface area contributed by atoms with Gasteiger partial charge < -0.3 is 9.84 Å². The first kappa shape index (κ1) is 25.7. The Labute approximate surface area is 197 Å². The van der Waals surface area contributed by atoms with Crippen molar-refractivity contribution in [3.63, 3.8) is 0 Å². The van der Waals surface area contributed by atoms with Crippen LogP contribution in [0, 0.1) is 5.92 Å². The topological polar surface area (TPSA) is 79.7 Å². The van der Waals surface area contributed by atoms with Gasteiger partial charge >= 0.3 is 12.4 Å². The Bertz CT molecular complexity index is 1230. The fourth-order valence-corrected chi connectivity index (χ4v) is 5.15. The molecule has 4 rings (SSSR count). The van der Waals surface area contributed by atoms with Gasteiger partial charge in [-0.05, 0) is 49.6 Å². The maximum atomic E-state index is 13.1. The molecule has 2 aliphatic rings. The first-order valence-electron chi connectivity index (χ1n) is 10.6. The minimum Gasteiger partial charge on any atom is -0.481 e. The van der Waals surface area contributed by atoms with E-state index in [0.717, 1.165) is 37.4 Å². The molecule has 0 amide bonds. The van der Waals surface area contributed by atoms with E-state index in [1.165, 1.54) is 17.0 Å². The first-order chi connectivity index (χ1) is 16.0. The lowest BCUT2D eigenvalue weighted by Crippen LogP contribution is -2.34. The number of hydrogen-bond donors (Lipinski definition) is 1. The Morgan fingerprint density at radius 1 is 1.17 bits per heavy atom. The molecule has 13 heteroatoms. The second kappa shape index (κ2) is 8.34. The van der Waals surface area contributed by atoms with E-state index < -0.39 is 45.6 Å². The van der Waals surface area contributed by atoms with Crippen molar-refractivity contribution in [1.29, 1.82) is 0 Å². The zero-order valence-corrected chi connectivity index (χ0v) is 19.4. The van der Waals surface area contributed by atoms with E-state index >= 15 is 0 Å². The first-order valence-corrected chi connectivity index (χ1v) is 12.5. The van der Waals surface area contributed by atoms with Gasteiger partial charge in [0.25, 0.3) is 0 Å². The van der Waals surface area contributed by atoms with Crippen LogP contribution >= 0.6 is 0 Å². The average Bonchev–Trinajstić information content (AvgIpc) is 3.32. The summed E-state index contributed by atoms with van der Waals surface area (Å²) in [6.45, 7) is 1.10. The van der Waals surface area contributed by atoms with Gasteiger partial charge in [-0.15, -0.1) is 0 Å². The third-order valence-electron chi connectivity index (χ3n) is 6.52. The Kier molecular flexibility index (Phi) is 6.13. The van der Waals surface area contributed by atoms with Crippen LogP contribution in [0.5, 0.6) is 5.75 Å². The quantitative estimate of drug-likeness (QED) is 0.574. The number of nitrogens with zero attached hydrogens (tertiary/aromatic N) is 2. The predicted molar refractivity (Wildman–Crippen MR) is 111 cm³/mol. The van der Waals surface area contributed by atoms with Gasteiger partial charge in [-0.3, -0.25) is 4.90 Å². The maximum absolute atomic E-state index is 13.1. The van der Waals surface area contributed by atoms with Crippen molar-refractivity contribution in [2.45, 2.75) is 48.3 Å². The van der Waals surface area contributed by atoms with E-state index in [9.17, 15) is 39.9 Å². The van der Waals surface area contributed by atoms with Gasteiger partial charge in [-0.1, -0.05) is 6.07 Å². The van der Waals surface area contributed by atoms with Crippen molar-refractivity contribution in [2.75, 3.05) is 19.3 Å². The highest BCUT2D eigenvalue weighted by atomic mass is 32.2. The summed E-state index contributed by atoms with van der Waals surface area (Å²) in [5.74, 6) is -0.466.